The van der Waals surface area contributed by atoms with Gasteiger partial charge in [0.25, 0.3) is 0 Å². The van der Waals surface area contributed by atoms with E-state index in [9.17, 15) is 30.8 Å². The second-order valence-electron chi connectivity index (χ2n) is 7.48. The number of methoxy groups -OCH3 is 1. The standard InChI is InChI=1S/C24H21F4NO4S/c1-16(30)18-9-12-22(33-2)19(13-18)15-29(14-17-7-10-20(25)11-8-17)34(31,32)23-6-4-3-5-21(23)24(26,27)28/h3-13H,14-15H2,1-2H3. The molecule has 0 spiro atoms. The zero-order chi connectivity index (χ0) is 25.1. The first-order chi connectivity index (χ1) is 15.9. The van der Waals surface area contributed by atoms with E-state index < -0.39 is 39.0 Å². The van der Waals surface area contributed by atoms with Gasteiger partial charge in [0.1, 0.15) is 11.6 Å². The van der Waals surface area contributed by atoms with Crippen molar-refractivity contribution >= 4 is 15.8 Å². The molecule has 0 radical (unpaired) electrons. The predicted octanol–water partition coefficient (Wildman–Crippen LogP) is 5.45. The van der Waals surface area contributed by atoms with Crippen molar-refractivity contribution in [2.45, 2.75) is 31.1 Å². The largest absolute Gasteiger partial charge is 0.496 e. The number of alkyl halides is 3. The Morgan fingerprint density at radius 3 is 2.21 bits per heavy atom. The minimum Gasteiger partial charge on any atom is -0.496 e. The van der Waals surface area contributed by atoms with E-state index in [1.54, 1.807) is 0 Å². The second kappa shape index (κ2) is 9.94. The van der Waals surface area contributed by atoms with Crippen molar-refractivity contribution in [3.63, 3.8) is 0 Å². The molecular weight excluding hydrogens is 474 g/mol. The van der Waals surface area contributed by atoms with Crippen LogP contribution in [0.5, 0.6) is 5.75 Å². The minimum atomic E-state index is -4.91. The molecule has 0 amide bonds. The SMILES string of the molecule is COc1ccc(C(C)=O)cc1CN(Cc1ccc(F)cc1)S(=O)(=O)c1ccccc1C(F)(F)F. The first-order valence-electron chi connectivity index (χ1n) is 10.0. The Morgan fingerprint density at radius 1 is 0.971 bits per heavy atom. The molecule has 3 rings (SSSR count). The molecule has 0 aliphatic heterocycles. The Morgan fingerprint density at radius 2 is 1.62 bits per heavy atom. The van der Waals surface area contributed by atoms with Crippen LogP contribution < -0.4 is 4.74 Å². The molecule has 0 fully saturated rings. The Hall–Kier alpha value is -3.24. The molecule has 0 N–H and O–H groups in total. The highest BCUT2D eigenvalue weighted by molar-refractivity contribution is 7.89. The molecule has 34 heavy (non-hydrogen) atoms. The summed E-state index contributed by atoms with van der Waals surface area (Å²) in [6.07, 6.45) is -4.91. The maximum atomic E-state index is 13.6. The molecule has 0 saturated carbocycles. The number of benzene rings is 3. The van der Waals surface area contributed by atoms with Crippen molar-refractivity contribution in [2.75, 3.05) is 7.11 Å². The zero-order valence-electron chi connectivity index (χ0n) is 18.3. The van der Waals surface area contributed by atoms with Gasteiger partial charge in [-0.05, 0) is 55.0 Å². The van der Waals surface area contributed by atoms with Crippen LogP contribution >= 0.6 is 0 Å². The van der Waals surface area contributed by atoms with Crippen LogP contribution in [-0.4, -0.2) is 25.6 Å². The van der Waals surface area contributed by atoms with Crippen LogP contribution in [0.2, 0.25) is 0 Å². The molecule has 0 unspecified atom stereocenters. The molecule has 10 heteroatoms. The minimum absolute atomic E-state index is 0.258. The van der Waals surface area contributed by atoms with Crippen molar-refractivity contribution in [1.29, 1.82) is 0 Å². The number of ether oxygens (including phenoxy) is 1. The third-order valence-corrected chi connectivity index (χ3v) is 6.97. The van der Waals surface area contributed by atoms with Gasteiger partial charge >= 0.3 is 6.18 Å². The summed E-state index contributed by atoms with van der Waals surface area (Å²) in [5.74, 6) is -0.566. The third-order valence-electron chi connectivity index (χ3n) is 5.12. The van der Waals surface area contributed by atoms with E-state index in [2.05, 4.69) is 0 Å². The fourth-order valence-corrected chi connectivity index (χ4v) is 5.01. The summed E-state index contributed by atoms with van der Waals surface area (Å²) in [5.41, 5.74) is -0.379. The lowest BCUT2D eigenvalue weighted by molar-refractivity contribution is -0.139. The van der Waals surface area contributed by atoms with Gasteiger partial charge in [0.05, 0.1) is 17.6 Å². The molecule has 0 aromatic heterocycles. The first-order valence-corrected chi connectivity index (χ1v) is 11.5. The molecule has 3 aromatic rings. The van der Waals surface area contributed by atoms with Crippen molar-refractivity contribution in [3.05, 3.63) is 94.8 Å². The molecule has 0 aliphatic carbocycles. The molecule has 0 bridgehead atoms. The summed E-state index contributed by atoms with van der Waals surface area (Å²) in [6, 6.07) is 13.2. The van der Waals surface area contributed by atoms with E-state index in [1.807, 2.05) is 0 Å². The summed E-state index contributed by atoms with van der Waals surface area (Å²) >= 11 is 0. The van der Waals surface area contributed by atoms with Crippen LogP contribution in [0, 0.1) is 5.82 Å². The summed E-state index contributed by atoms with van der Waals surface area (Å²) < 4.78 is 87.4. The summed E-state index contributed by atoms with van der Waals surface area (Å²) in [5, 5.41) is 0. The van der Waals surface area contributed by atoms with Crippen molar-refractivity contribution in [2.24, 2.45) is 0 Å². The van der Waals surface area contributed by atoms with Gasteiger partial charge in [-0.2, -0.15) is 17.5 Å². The molecule has 0 atom stereocenters. The Balaban J connectivity index is 2.15. The average Bonchev–Trinajstić information content (AvgIpc) is 2.79. The highest BCUT2D eigenvalue weighted by atomic mass is 32.2. The van der Waals surface area contributed by atoms with Crippen molar-refractivity contribution in [1.82, 2.24) is 4.31 Å². The van der Waals surface area contributed by atoms with Crippen LogP contribution in [0.3, 0.4) is 0 Å². The molecular formula is C24H21F4NO4S. The molecule has 0 heterocycles. The normalized spacial score (nSPS) is 12.1. The van der Waals surface area contributed by atoms with Crippen molar-refractivity contribution in [3.8, 4) is 5.75 Å². The maximum Gasteiger partial charge on any atom is 0.417 e. The van der Waals surface area contributed by atoms with Gasteiger partial charge in [0.15, 0.2) is 5.78 Å². The molecule has 180 valence electrons. The van der Waals surface area contributed by atoms with E-state index in [1.165, 1.54) is 50.4 Å². The number of hydrogen-bond donors (Lipinski definition) is 0. The van der Waals surface area contributed by atoms with Gasteiger partial charge in [-0.3, -0.25) is 4.79 Å². The number of ketones is 1. The van der Waals surface area contributed by atoms with Crippen molar-refractivity contribution < 1.29 is 35.5 Å². The van der Waals surface area contributed by atoms with Crippen LogP contribution in [0.1, 0.15) is 34.0 Å². The predicted molar refractivity (Wildman–Crippen MR) is 117 cm³/mol. The van der Waals surface area contributed by atoms with E-state index in [0.717, 1.165) is 28.6 Å². The number of rotatable bonds is 8. The molecule has 3 aromatic carbocycles. The van der Waals surface area contributed by atoms with E-state index in [4.69, 9.17) is 4.74 Å². The van der Waals surface area contributed by atoms with Gasteiger partial charge in [0, 0.05) is 24.2 Å². The fourth-order valence-electron chi connectivity index (χ4n) is 3.40. The highest BCUT2D eigenvalue weighted by Crippen LogP contribution is 2.36. The van der Waals surface area contributed by atoms with Gasteiger partial charge in [-0.1, -0.05) is 24.3 Å². The van der Waals surface area contributed by atoms with Crippen LogP contribution in [0.25, 0.3) is 0 Å². The van der Waals surface area contributed by atoms with E-state index in [-0.39, 0.29) is 29.2 Å². The summed E-state index contributed by atoms with van der Waals surface area (Å²) in [6.45, 7) is 0.594. The van der Waals surface area contributed by atoms with Crippen LogP contribution in [-0.2, 0) is 29.3 Å². The Kier molecular flexibility index (Phi) is 7.42. The van der Waals surface area contributed by atoms with Gasteiger partial charge in [-0.15, -0.1) is 0 Å². The van der Waals surface area contributed by atoms with Gasteiger partial charge in [-0.25, -0.2) is 12.8 Å². The monoisotopic (exact) mass is 495 g/mol. The van der Waals surface area contributed by atoms with Crippen LogP contribution in [0.15, 0.2) is 71.6 Å². The molecule has 0 aliphatic rings. The fraction of sp³-hybridized carbons (Fsp3) is 0.208. The number of hydrogen-bond acceptors (Lipinski definition) is 4. The summed E-state index contributed by atoms with van der Waals surface area (Å²) in [7, 11) is -3.35. The Bertz CT molecular complexity index is 1290. The van der Waals surface area contributed by atoms with E-state index >= 15 is 0 Å². The zero-order valence-corrected chi connectivity index (χ0v) is 19.1. The smallest absolute Gasteiger partial charge is 0.417 e. The molecule has 5 nitrogen and oxygen atoms in total. The summed E-state index contributed by atoms with van der Waals surface area (Å²) in [4.78, 5) is 10.9. The molecule has 0 saturated heterocycles. The topological polar surface area (TPSA) is 63.7 Å². The van der Waals surface area contributed by atoms with Gasteiger partial charge < -0.3 is 4.74 Å². The lowest BCUT2D eigenvalue weighted by atomic mass is 10.1. The number of Topliss-reactive ketones (excluding diaryl/α,β-unsaturated/α-hetero) is 1. The quantitative estimate of drug-likeness (QED) is 0.308. The third kappa shape index (κ3) is 5.63. The Labute approximate surface area is 194 Å². The first kappa shape index (κ1) is 25.4. The lowest BCUT2D eigenvalue weighted by Crippen LogP contribution is -2.32. The number of sulfonamides is 1. The number of halogens is 4. The number of carbonyl (C=O) groups excluding carboxylic acids is 1. The average molecular weight is 495 g/mol. The lowest BCUT2D eigenvalue weighted by Gasteiger charge is -2.25. The second-order valence-corrected chi connectivity index (χ2v) is 9.38. The van der Waals surface area contributed by atoms with Crippen LogP contribution in [0.4, 0.5) is 17.6 Å². The number of nitrogens with zero attached hydrogens (tertiary/aromatic N) is 1. The van der Waals surface area contributed by atoms with E-state index in [0.29, 0.717) is 11.6 Å². The maximum absolute atomic E-state index is 13.6. The highest BCUT2D eigenvalue weighted by Gasteiger charge is 2.39. The van der Waals surface area contributed by atoms with Gasteiger partial charge in [0.2, 0.25) is 10.0 Å². The number of carbonyl (C=O) groups is 1.